The Hall–Kier alpha value is -1.95. The molecular formula is C24H33NO3S. The summed E-state index contributed by atoms with van der Waals surface area (Å²) < 4.78 is 29.2. The van der Waals surface area contributed by atoms with Crippen molar-refractivity contribution in [3.8, 4) is 0 Å². The van der Waals surface area contributed by atoms with Crippen LogP contribution in [0.3, 0.4) is 0 Å². The van der Waals surface area contributed by atoms with Gasteiger partial charge in [0.05, 0.1) is 17.0 Å². The van der Waals surface area contributed by atoms with Gasteiger partial charge in [-0.15, -0.1) is 0 Å². The lowest BCUT2D eigenvalue weighted by Crippen LogP contribution is -2.44. The molecule has 0 fully saturated rings. The zero-order chi connectivity index (χ0) is 21.6. The maximum absolute atomic E-state index is 13.2. The van der Waals surface area contributed by atoms with Crippen LogP contribution < -0.4 is 4.72 Å². The lowest BCUT2D eigenvalue weighted by molar-refractivity contribution is 0.182. The molecule has 0 unspecified atom stereocenters. The van der Waals surface area contributed by atoms with Gasteiger partial charge in [0.1, 0.15) is 0 Å². The highest BCUT2D eigenvalue weighted by atomic mass is 32.2. The van der Waals surface area contributed by atoms with E-state index in [4.69, 9.17) is 0 Å². The summed E-state index contributed by atoms with van der Waals surface area (Å²) in [5, 5.41) is 10.8. The zero-order valence-corrected chi connectivity index (χ0v) is 18.8. The summed E-state index contributed by atoms with van der Waals surface area (Å²) >= 11 is 0. The lowest BCUT2D eigenvalue weighted by atomic mass is 10.0. The van der Waals surface area contributed by atoms with Gasteiger partial charge in [0.25, 0.3) is 0 Å². The number of sulfonamides is 1. The third-order valence-corrected chi connectivity index (χ3v) is 6.63. The Morgan fingerprint density at radius 3 is 2.17 bits per heavy atom. The Morgan fingerprint density at radius 1 is 1.03 bits per heavy atom. The van der Waals surface area contributed by atoms with Crippen LogP contribution in [0, 0.1) is 26.7 Å². The van der Waals surface area contributed by atoms with E-state index in [1.165, 1.54) is 0 Å². The first kappa shape index (κ1) is 23.3. The van der Waals surface area contributed by atoms with Crippen LogP contribution in [0.1, 0.15) is 42.5 Å². The molecular weight excluding hydrogens is 382 g/mol. The van der Waals surface area contributed by atoms with Crippen molar-refractivity contribution in [3.05, 3.63) is 76.9 Å². The number of hydrogen-bond acceptors (Lipinski definition) is 3. The molecule has 0 aliphatic rings. The average Bonchev–Trinajstić information content (AvgIpc) is 2.60. The summed E-state index contributed by atoms with van der Waals surface area (Å²) in [5.41, 5.74) is 3.40. The van der Waals surface area contributed by atoms with E-state index in [1.54, 1.807) is 19.9 Å². The van der Waals surface area contributed by atoms with Crippen molar-refractivity contribution in [1.29, 1.82) is 0 Å². The van der Waals surface area contributed by atoms with Crippen LogP contribution in [-0.2, 0) is 16.4 Å². The van der Waals surface area contributed by atoms with E-state index in [0.717, 1.165) is 17.5 Å². The van der Waals surface area contributed by atoms with Gasteiger partial charge in [0.2, 0.25) is 10.0 Å². The van der Waals surface area contributed by atoms with Gasteiger partial charge in [-0.1, -0.05) is 74.0 Å². The van der Waals surface area contributed by atoms with E-state index in [0.29, 0.717) is 28.4 Å². The predicted molar refractivity (Wildman–Crippen MR) is 120 cm³/mol. The second kappa shape index (κ2) is 10.2. The Balaban J connectivity index is 2.34. The van der Waals surface area contributed by atoms with Gasteiger partial charge in [-0.25, -0.2) is 13.1 Å². The largest absolute Gasteiger partial charge is 0.387 e. The molecule has 0 aromatic heterocycles. The standard InChI is InChI=1S/C24H33NO3S/c1-17(2)10-9-13-23(26)22(16-21-11-7-6-8-12-21)25-29(27,28)24-19(4)14-18(3)15-20(24)5/h6-9,11-15,17,22-23,25-26H,10,16H2,1-5H3/b13-9+/t22-,23-/m0/s1. The summed E-state index contributed by atoms with van der Waals surface area (Å²) in [4.78, 5) is 0.291. The van der Waals surface area contributed by atoms with Gasteiger partial charge in [0.15, 0.2) is 0 Å². The monoisotopic (exact) mass is 415 g/mol. The number of aliphatic hydroxyl groups is 1. The molecule has 0 heterocycles. The molecule has 2 N–H and O–H groups in total. The molecule has 2 rings (SSSR count). The Bertz CT molecular complexity index is 911. The maximum Gasteiger partial charge on any atom is 0.241 e. The van der Waals surface area contributed by atoms with E-state index < -0.39 is 22.2 Å². The predicted octanol–water partition coefficient (Wildman–Crippen LogP) is 4.46. The fourth-order valence-corrected chi connectivity index (χ4v) is 5.28. The summed E-state index contributed by atoms with van der Waals surface area (Å²) in [6, 6.07) is 12.7. The maximum atomic E-state index is 13.2. The second-order valence-electron chi connectivity index (χ2n) is 8.19. The Kier molecular flexibility index (Phi) is 8.20. The lowest BCUT2D eigenvalue weighted by Gasteiger charge is -2.24. The van der Waals surface area contributed by atoms with E-state index >= 15 is 0 Å². The molecule has 2 aromatic carbocycles. The summed E-state index contributed by atoms with van der Waals surface area (Å²) in [6.07, 6.45) is 3.93. The first-order chi connectivity index (χ1) is 13.6. The molecule has 0 bridgehead atoms. The SMILES string of the molecule is Cc1cc(C)c(S(=O)(=O)N[C@@H](Cc2ccccc2)[C@@H](O)/C=C/CC(C)C)c(C)c1. The van der Waals surface area contributed by atoms with Crippen molar-refractivity contribution >= 4 is 10.0 Å². The van der Waals surface area contributed by atoms with Gasteiger partial charge in [-0.2, -0.15) is 0 Å². The highest BCUT2D eigenvalue weighted by Crippen LogP contribution is 2.23. The van der Waals surface area contributed by atoms with Crippen molar-refractivity contribution < 1.29 is 13.5 Å². The smallest absolute Gasteiger partial charge is 0.241 e. The molecule has 0 aliphatic carbocycles. The second-order valence-corrected chi connectivity index (χ2v) is 9.84. The van der Waals surface area contributed by atoms with Crippen LogP contribution in [0.4, 0.5) is 0 Å². The van der Waals surface area contributed by atoms with Crippen LogP contribution in [0.15, 0.2) is 59.5 Å². The van der Waals surface area contributed by atoms with E-state index in [-0.39, 0.29) is 0 Å². The van der Waals surface area contributed by atoms with Crippen LogP contribution in [-0.4, -0.2) is 25.7 Å². The van der Waals surface area contributed by atoms with Gasteiger partial charge >= 0.3 is 0 Å². The molecule has 4 nitrogen and oxygen atoms in total. The third kappa shape index (κ3) is 6.81. The van der Waals surface area contributed by atoms with Gasteiger partial charge in [-0.05, 0) is 56.2 Å². The molecule has 0 spiro atoms. The zero-order valence-electron chi connectivity index (χ0n) is 18.0. The van der Waals surface area contributed by atoms with Crippen molar-refractivity contribution in [2.75, 3.05) is 0 Å². The first-order valence-electron chi connectivity index (χ1n) is 10.1. The van der Waals surface area contributed by atoms with Crippen molar-refractivity contribution in [3.63, 3.8) is 0 Å². The summed E-state index contributed by atoms with van der Waals surface area (Å²) in [6.45, 7) is 9.76. The number of allylic oxidation sites excluding steroid dienone is 1. The quantitative estimate of drug-likeness (QED) is 0.594. The first-order valence-corrected chi connectivity index (χ1v) is 11.6. The highest BCUT2D eigenvalue weighted by molar-refractivity contribution is 7.89. The number of aryl methyl sites for hydroxylation is 3. The average molecular weight is 416 g/mol. The van der Waals surface area contributed by atoms with Crippen molar-refractivity contribution in [1.82, 2.24) is 4.72 Å². The molecule has 29 heavy (non-hydrogen) atoms. The molecule has 0 aliphatic heterocycles. The molecule has 0 saturated heterocycles. The number of benzene rings is 2. The van der Waals surface area contributed by atoms with Gasteiger partial charge < -0.3 is 5.11 Å². The van der Waals surface area contributed by atoms with Crippen LogP contribution in [0.2, 0.25) is 0 Å². The van der Waals surface area contributed by atoms with E-state index in [2.05, 4.69) is 18.6 Å². The molecule has 158 valence electrons. The normalized spacial score (nSPS) is 14.4. The molecule has 0 amide bonds. The Labute approximate surface area is 175 Å². The molecule has 5 heteroatoms. The highest BCUT2D eigenvalue weighted by Gasteiger charge is 2.27. The third-order valence-electron chi connectivity index (χ3n) is 4.83. The molecule has 2 aromatic rings. The number of hydrogen-bond donors (Lipinski definition) is 2. The van der Waals surface area contributed by atoms with E-state index in [1.807, 2.05) is 55.5 Å². The molecule has 2 atom stereocenters. The fourth-order valence-electron chi connectivity index (χ4n) is 3.57. The number of nitrogens with one attached hydrogen (secondary N) is 1. The molecule has 0 saturated carbocycles. The number of rotatable bonds is 9. The van der Waals surface area contributed by atoms with Crippen LogP contribution in [0.25, 0.3) is 0 Å². The van der Waals surface area contributed by atoms with Crippen molar-refractivity contribution in [2.24, 2.45) is 5.92 Å². The van der Waals surface area contributed by atoms with Crippen molar-refractivity contribution in [2.45, 2.75) is 64.5 Å². The topological polar surface area (TPSA) is 66.4 Å². The summed E-state index contributed by atoms with van der Waals surface area (Å²) in [7, 11) is -3.79. The van der Waals surface area contributed by atoms with Gasteiger partial charge in [0, 0.05) is 0 Å². The van der Waals surface area contributed by atoms with Crippen LogP contribution in [0.5, 0.6) is 0 Å². The van der Waals surface area contributed by atoms with Gasteiger partial charge in [-0.3, -0.25) is 0 Å². The fraction of sp³-hybridized carbons (Fsp3) is 0.417. The minimum absolute atomic E-state index is 0.291. The molecule has 0 radical (unpaired) electrons. The Morgan fingerprint density at radius 2 is 1.62 bits per heavy atom. The minimum Gasteiger partial charge on any atom is -0.387 e. The summed E-state index contributed by atoms with van der Waals surface area (Å²) in [5.74, 6) is 0.473. The number of aliphatic hydroxyl groups excluding tert-OH is 1. The minimum atomic E-state index is -3.79. The van der Waals surface area contributed by atoms with Crippen LogP contribution >= 0.6 is 0 Å². The van der Waals surface area contributed by atoms with E-state index in [9.17, 15) is 13.5 Å².